The molecule has 23 heavy (non-hydrogen) atoms. The molecule has 0 fully saturated rings. The van der Waals surface area contributed by atoms with Gasteiger partial charge in [0, 0.05) is 13.0 Å². The summed E-state index contributed by atoms with van der Waals surface area (Å²) in [6, 6.07) is 4.41. The summed E-state index contributed by atoms with van der Waals surface area (Å²) in [5.41, 5.74) is -0.817. The molecule has 1 aromatic rings. The SMILES string of the molecule is CNCCCC(=O)NCC(O)COc1cccc(C(F)(F)F)c1. The van der Waals surface area contributed by atoms with E-state index in [0.717, 1.165) is 12.1 Å². The van der Waals surface area contributed by atoms with Crippen LogP contribution in [0.15, 0.2) is 24.3 Å². The van der Waals surface area contributed by atoms with E-state index in [1.165, 1.54) is 12.1 Å². The molecule has 0 aliphatic heterocycles. The highest BCUT2D eigenvalue weighted by molar-refractivity contribution is 5.75. The van der Waals surface area contributed by atoms with Crippen LogP contribution in [0.2, 0.25) is 0 Å². The van der Waals surface area contributed by atoms with Crippen molar-refractivity contribution in [2.24, 2.45) is 0 Å². The Kier molecular flexibility index (Phi) is 7.84. The number of amides is 1. The highest BCUT2D eigenvalue weighted by Gasteiger charge is 2.30. The van der Waals surface area contributed by atoms with E-state index in [9.17, 15) is 23.1 Å². The monoisotopic (exact) mass is 334 g/mol. The molecule has 0 heterocycles. The fourth-order valence-corrected chi connectivity index (χ4v) is 1.76. The summed E-state index contributed by atoms with van der Waals surface area (Å²) in [7, 11) is 1.78. The number of alkyl halides is 3. The lowest BCUT2D eigenvalue weighted by atomic mass is 10.2. The Morgan fingerprint density at radius 2 is 2.13 bits per heavy atom. The fraction of sp³-hybridized carbons (Fsp3) is 0.533. The second kappa shape index (κ2) is 9.36. The van der Waals surface area contributed by atoms with Gasteiger partial charge in [0.05, 0.1) is 5.56 Å². The molecule has 1 unspecified atom stereocenters. The van der Waals surface area contributed by atoms with E-state index < -0.39 is 17.8 Å². The van der Waals surface area contributed by atoms with Gasteiger partial charge < -0.3 is 20.5 Å². The van der Waals surface area contributed by atoms with Gasteiger partial charge in [0.1, 0.15) is 18.5 Å². The number of benzene rings is 1. The molecular weight excluding hydrogens is 313 g/mol. The van der Waals surface area contributed by atoms with Gasteiger partial charge in [0.25, 0.3) is 0 Å². The van der Waals surface area contributed by atoms with Gasteiger partial charge in [-0.2, -0.15) is 13.2 Å². The first kappa shape index (κ1) is 19.2. The van der Waals surface area contributed by atoms with Crippen molar-refractivity contribution >= 4 is 5.91 Å². The molecule has 1 amide bonds. The first-order valence-corrected chi connectivity index (χ1v) is 7.22. The van der Waals surface area contributed by atoms with Crippen molar-refractivity contribution < 1.29 is 27.8 Å². The molecule has 8 heteroatoms. The molecule has 1 rings (SSSR count). The predicted octanol–water partition coefficient (Wildman–Crippen LogP) is 1.56. The molecule has 3 N–H and O–H groups in total. The Morgan fingerprint density at radius 3 is 2.78 bits per heavy atom. The molecule has 130 valence electrons. The summed E-state index contributed by atoms with van der Waals surface area (Å²) in [6.07, 6.45) is -4.43. The van der Waals surface area contributed by atoms with Gasteiger partial charge in [-0.05, 0) is 38.2 Å². The molecule has 0 aliphatic rings. The van der Waals surface area contributed by atoms with Crippen LogP contribution in [0.3, 0.4) is 0 Å². The Balaban J connectivity index is 2.33. The zero-order valence-corrected chi connectivity index (χ0v) is 12.8. The maximum absolute atomic E-state index is 12.5. The summed E-state index contributed by atoms with van der Waals surface area (Å²) in [5.74, 6) is -0.183. The molecule has 5 nitrogen and oxygen atoms in total. The van der Waals surface area contributed by atoms with Gasteiger partial charge >= 0.3 is 6.18 Å². The number of hydrogen-bond acceptors (Lipinski definition) is 4. The fourth-order valence-electron chi connectivity index (χ4n) is 1.76. The van der Waals surface area contributed by atoms with Crippen LogP contribution in [0.4, 0.5) is 13.2 Å². The Hall–Kier alpha value is -1.80. The van der Waals surface area contributed by atoms with Crippen LogP contribution in [0.25, 0.3) is 0 Å². The number of rotatable bonds is 9. The van der Waals surface area contributed by atoms with Crippen molar-refractivity contribution in [3.05, 3.63) is 29.8 Å². The average Bonchev–Trinajstić information content (AvgIpc) is 2.50. The number of aliphatic hydroxyl groups is 1. The normalized spacial score (nSPS) is 12.7. The quantitative estimate of drug-likeness (QED) is 0.600. The third-order valence-electron chi connectivity index (χ3n) is 2.97. The summed E-state index contributed by atoms with van der Waals surface area (Å²) in [5, 5.41) is 15.1. The zero-order chi connectivity index (χ0) is 17.3. The third kappa shape index (κ3) is 7.85. The van der Waals surface area contributed by atoms with Gasteiger partial charge in [0.2, 0.25) is 5.91 Å². The number of ether oxygens (including phenoxy) is 1. The minimum absolute atomic E-state index is 0.0132. The smallest absolute Gasteiger partial charge is 0.416 e. The standard InChI is InChI=1S/C15H21F3N2O3/c1-19-7-3-6-14(22)20-9-12(21)10-23-13-5-2-4-11(8-13)15(16,17)18/h2,4-5,8,12,19,21H,3,6-7,9-10H2,1H3,(H,20,22). The van der Waals surface area contributed by atoms with Crippen LogP contribution in [-0.2, 0) is 11.0 Å². The molecule has 0 aliphatic carbocycles. The summed E-state index contributed by atoms with van der Waals surface area (Å²) < 4.78 is 42.8. The zero-order valence-electron chi connectivity index (χ0n) is 12.8. The number of carbonyl (C=O) groups excluding carboxylic acids is 1. The maximum Gasteiger partial charge on any atom is 0.416 e. The van der Waals surface area contributed by atoms with Crippen molar-refractivity contribution in [2.45, 2.75) is 25.1 Å². The number of halogens is 3. The van der Waals surface area contributed by atoms with Gasteiger partial charge in [-0.1, -0.05) is 6.07 Å². The van der Waals surface area contributed by atoms with Crippen LogP contribution in [0.5, 0.6) is 5.75 Å². The third-order valence-corrected chi connectivity index (χ3v) is 2.97. The maximum atomic E-state index is 12.5. The van der Waals surface area contributed by atoms with Gasteiger partial charge in [-0.15, -0.1) is 0 Å². The van der Waals surface area contributed by atoms with Crippen LogP contribution >= 0.6 is 0 Å². The molecule has 1 aromatic carbocycles. The Labute approximate surface area is 132 Å². The Bertz CT molecular complexity index is 495. The first-order chi connectivity index (χ1) is 10.8. The highest BCUT2D eigenvalue weighted by atomic mass is 19.4. The second-order valence-electron chi connectivity index (χ2n) is 5.00. The molecule has 0 saturated heterocycles. The van der Waals surface area contributed by atoms with Crippen molar-refractivity contribution in [1.29, 1.82) is 0 Å². The lowest BCUT2D eigenvalue weighted by Gasteiger charge is -2.14. The van der Waals surface area contributed by atoms with E-state index in [1.807, 2.05) is 0 Å². The molecular formula is C15H21F3N2O3. The largest absolute Gasteiger partial charge is 0.491 e. The molecule has 0 spiro atoms. The van der Waals surface area contributed by atoms with Gasteiger partial charge in [-0.3, -0.25) is 4.79 Å². The number of aliphatic hydroxyl groups excluding tert-OH is 1. The van der Waals surface area contributed by atoms with Gasteiger partial charge in [0.15, 0.2) is 0 Å². The van der Waals surface area contributed by atoms with Crippen LogP contribution in [0, 0.1) is 0 Å². The number of nitrogens with one attached hydrogen (secondary N) is 2. The van der Waals surface area contributed by atoms with Gasteiger partial charge in [-0.25, -0.2) is 0 Å². The van der Waals surface area contributed by atoms with E-state index in [0.29, 0.717) is 19.4 Å². The Morgan fingerprint density at radius 1 is 1.39 bits per heavy atom. The van der Waals surface area contributed by atoms with Crippen LogP contribution in [-0.4, -0.2) is 43.9 Å². The molecule has 1 atom stereocenters. The van der Waals surface area contributed by atoms with Crippen LogP contribution < -0.4 is 15.4 Å². The second-order valence-corrected chi connectivity index (χ2v) is 5.00. The molecule has 0 aromatic heterocycles. The highest BCUT2D eigenvalue weighted by Crippen LogP contribution is 2.31. The average molecular weight is 334 g/mol. The van der Waals surface area contributed by atoms with Crippen molar-refractivity contribution in [3.8, 4) is 5.75 Å². The van der Waals surface area contributed by atoms with Crippen molar-refractivity contribution in [3.63, 3.8) is 0 Å². The van der Waals surface area contributed by atoms with E-state index in [1.54, 1.807) is 7.05 Å². The topological polar surface area (TPSA) is 70.6 Å². The first-order valence-electron chi connectivity index (χ1n) is 7.22. The summed E-state index contributed by atoms with van der Waals surface area (Å²) >= 11 is 0. The van der Waals surface area contributed by atoms with E-state index in [2.05, 4.69) is 10.6 Å². The van der Waals surface area contributed by atoms with E-state index in [4.69, 9.17) is 4.74 Å². The summed E-state index contributed by atoms with van der Waals surface area (Å²) in [6.45, 7) is 0.490. The van der Waals surface area contributed by atoms with Crippen molar-refractivity contribution in [2.75, 3.05) is 26.7 Å². The predicted molar refractivity (Wildman–Crippen MR) is 79.1 cm³/mol. The van der Waals surface area contributed by atoms with Crippen molar-refractivity contribution in [1.82, 2.24) is 10.6 Å². The summed E-state index contributed by atoms with van der Waals surface area (Å²) in [4.78, 5) is 11.4. The lowest BCUT2D eigenvalue weighted by Crippen LogP contribution is -2.35. The van der Waals surface area contributed by atoms with Crippen LogP contribution in [0.1, 0.15) is 18.4 Å². The molecule has 0 bridgehead atoms. The minimum atomic E-state index is -4.45. The number of hydrogen-bond donors (Lipinski definition) is 3. The minimum Gasteiger partial charge on any atom is -0.491 e. The number of carbonyl (C=O) groups is 1. The molecule has 0 radical (unpaired) electrons. The lowest BCUT2D eigenvalue weighted by molar-refractivity contribution is -0.137. The molecule has 0 saturated carbocycles. The van der Waals surface area contributed by atoms with E-state index in [-0.39, 0.29) is 24.8 Å². The van der Waals surface area contributed by atoms with E-state index >= 15 is 0 Å².